The maximum atomic E-state index is 12.5. The maximum Gasteiger partial charge on any atom is 0.315 e. The van der Waals surface area contributed by atoms with Crippen molar-refractivity contribution >= 4 is 29.2 Å². The Labute approximate surface area is 197 Å². The molecule has 0 fully saturated rings. The van der Waals surface area contributed by atoms with Gasteiger partial charge in [-0.1, -0.05) is 35.9 Å². The molecule has 7 heteroatoms. The molecule has 0 N–H and O–H groups in total. The maximum absolute atomic E-state index is 12.5. The first-order chi connectivity index (χ1) is 16.0. The van der Waals surface area contributed by atoms with Gasteiger partial charge in [0.2, 0.25) is 0 Å². The lowest BCUT2D eigenvalue weighted by atomic mass is 10.0. The van der Waals surface area contributed by atoms with Crippen LogP contribution in [0.15, 0.2) is 60.7 Å². The van der Waals surface area contributed by atoms with Crippen LogP contribution in [0.2, 0.25) is 5.02 Å². The van der Waals surface area contributed by atoms with Crippen molar-refractivity contribution in [3.8, 4) is 29.1 Å². The van der Waals surface area contributed by atoms with Crippen molar-refractivity contribution in [2.45, 2.75) is 6.42 Å². The average Bonchev–Trinajstić information content (AvgIpc) is 2.83. The molecule has 0 amide bonds. The highest BCUT2D eigenvalue weighted by atomic mass is 35.5. The van der Waals surface area contributed by atoms with Gasteiger partial charge < -0.3 is 18.9 Å². The highest BCUT2D eigenvalue weighted by Crippen LogP contribution is 2.31. The Bertz CT molecular complexity index is 1210. The Balaban J connectivity index is 1.77. The molecule has 0 aliphatic heterocycles. The SMILES string of the molecule is COc1ccc(CC(=O)Oc2ccc(/C=C(/C#N)c3ccc(Cl)cc3)cc2OC)cc1OC. The van der Waals surface area contributed by atoms with Crippen molar-refractivity contribution in [3.63, 3.8) is 0 Å². The second kappa shape index (κ2) is 11.1. The van der Waals surface area contributed by atoms with Crippen molar-refractivity contribution in [3.05, 3.63) is 82.4 Å². The number of esters is 1. The molecule has 0 unspecified atom stereocenters. The molecule has 0 radical (unpaired) electrons. The van der Waals surface area contributed by atoms with Crippen molar-refractivity contribution in [2.75, 3.05) is 21.3 Å². The number of nitriles is 1. The van der Waals surface area contributed by atoms with Gasteiger partial charge in [0.1, 0.15) is 0 Å². The summed E-state index contributed by atoms with van der Waals surface area (Å²) in [6.07, 6.45) is 1.77. The molecule has 0 aromatic heterocycles. The Kier molecular flexibility index (Phi) is 7.96. The second-order valence-corrected chi connectivity index (χ2v) is 7.36. The number of methoxy groups -OCH3 is 3. The van der Waals surface area contributed by atoms with E-state index in [2.05, 4.69) is 6.07 Å². The summed E-state index contributed by atoms with van der Waals surface area (Å²) >= 11 is 5.93. The summed E-state index contributed by atoms with van der Waals surface area (Å²) in [5.41, 5.74) is 2.65. The molecule has 0 saturated carbocycles. The summed E-state index contributed by atoms with van der Waals surface area (Å²) in [6.45, 7) is 0. The first-order valence-electron chi connectivity index (χ1n) is 9.94. The third kappa shape index (κ3) is 6.06. The zero-order valence-electron chi connectivity index (χ0n) is 18.4. The number of hydrogen-bond donors (Lipinski definition) is 0. The lowest BCUT2D eigenvalue weighted by Crippen LogP contribution is -2.12. The van der Waals surface area contributed by atoms with Crippen molar-refractivity contribution in [1.29, 1.82) is 5.26 Å². The standard InChI is InChI=1S/C26H22ClNO5/c1-30-22-10-4-18(14-24(22)31-2)15-26(29)33-23-11-5-17(13-25(23)32-3)12-20(16-28)19-6-8-21(27)9-7-19/h4-14H,15H2,1-3H3/b20-12-. The predicted octanol–water partition coefficient (Wildman–Crippen LogP) is 5.58. The third-order valence-corrected chi connectivity index (χ3v) is 5.05. The van der Waals surface area contributed by atoms with E-state index in [1.54, 1.807) is 73.8 Å². The van der Waals surface area contributed by atoms with Crippen LogP contribution in [0.1, 0.15) is 16.7 Å². The predicted molar refractivity (Wildman–Crippen MR) is 127 cm³/mol. The van der Waals surface area contributed by atoms with Crippen LogP contribution in [0.5, 0.6) is 23.0 Å². The van der Waals surface area contributed by atoms with Gasteiger partial charge in [-0.05, 0) is 59.2 Å². The fourth-order valence-electron chi connectivity index (χ4n) is 3.15. The summed E-state index contributed by atoms with van der Waals surface area (Å²) in [4.78, 5) is 12.5. The minimum absolute atomic E-state index is 0.0420. The molecular formula is C26H22ClNO5. The van der Waals surface area contributed by atoms with Crippen molar-refractivity contribution in [1.82, 2.24) is 0 Å². The summed E-state index contributed by atoms with van der Waals surface area (Å²) in [6, 6.07) is 19.5. The van der Waals surface area contributed by atoms with E-state index < -0.39 is 5.97 Å². The number of rotatable bonds is 8. The van der Waals surface area contributed by atoms with Crippen molar-refractivity contribution < 1.29 is 23.7 Å². The van der Waals surface area contributed by atoms with Crippen LogP contribution in [0.4, 0.5) is 0 Å². The number of hydrogen-bond acceptors (Lipinski definition) is 6. The van der Waals surface area contributed by atoms with Gasteiger partial charge in [0, 0.05) is 5.02 Å². The summed E-state index contributed by atoms with van der Waals surface area (Å²) in [7, 11) is 4.57. The number of benzene rings is 3. The van der Waals surface area contributed by atoms with Gasteiger partial charge in [0.25, 0.3) is 0 Å². The second-order valence-electron chi connectivity index (χ2n) is 6.93. The molecule has 0 heterocycles. The molecule has 0 aliphatic rings. The normalized spacial score (nSPS) is 10.8. The molecule has 6 nitrogen and oxygen atoms in total. The van der Waals surface area contributed by atoms with E-state index in [1.165, 1.54) is 14.2 Å². The van der Waals surface area contributed by atoms with Gasteiger partial charge in [-0.25, -0.2) is 0 Å². The van der Waals surface area contributed by atoms with Gasteiger partial charge in [-0.15, -0.1) is 0 Å². The zero-order valence-corrected chi connectivity index (χ0v) is 19.2. The minimum atomic E-state index is -0.456. The Morgan fingerprint density at radius 1 is 0.879 bits per heavy atom. The molecule has 0 atom stereocenters. The van der Waals surface area contributed by atoms with Gasteiger partial charge in [-0.2, -0.15) is 5.26 Å². The van der Waals surface area contributed by atoms with E-state index in [0.29, 0.717) is 27.8 Å². The van der Waals surface area contributed by atoms with Crippen LogP contribution in [-0.2, 0) is 11.2 Å². The average molecular weight is 464 g/mol. The highest BCUT2D eigenvalue weighted by molar-refractivity contribution is 6.30. The smallest absolute Gasteiger partial charge is 0.315 e. The van der Waals surface area contributed by atoms with E-state index in [4.69, 9.17) is 30.5 Å². The molecule has 0 bridgehead atoms. The lowest BCUT2D eigenvalue weighted by molar-refractivity contribution is -0.133. The van der Waals surface area contributed by atoms with Crippen molar-refractivity contribution in [2.24, 2.45) is 0 Å². The largest absolute Gasteiger partial charge is 0.493 e. The Hall–Kier alpha value is -3.95. The van der Waals surface area contributed by atoms with E-state index >= 15 is 0 Å². The van der Waals surface area contributed by atoms with Crippen LogP contribution >= 0.6 is 11.6 Å². The number of nitrogens with zero attached hydrogens (tertiary/aromatic N) is 1. The number of ether oxygens (including phenoxy) is 4. The Morgan fingerprint density at radius 2 is 1.52 bits per heavy atom. The molecule has 0 spiro atoms. The molecular weight excluding hydrogens is 442 g/mol. The van der Waals surface area contributed by atoms with Gasteiger partial charge in [0.05, 0.1) is 39.4 Å². The van der Waals surface area contributed by atoms with Crippen LogP contribution in [0.25, 0.3) is 11.6 Å². The summed E-state index contributed by atoms with van der Waals surface area (Å²) < 4.78 is 21.4. The number of carbonyl (C=O) groups is 1. The van der Waals surface area contributed by atoms with E-state index in [-0.39, 0.29) is 12.2 Å². The summed E-state index contributed by atoms with van der Waals surface area (Å²) in [5, 5.41) is 10.1. The van der Waals surface area contributed by atoms with Crippen LogP contribution in [0.3, 0.4) is 0 Å². The molecule has 0 aliphatic carbocycles. The highest BCUT2D eigenvalue weighted by Gasteiger charge is 2.14. The number of halogens is 1. The topological polar surface area (TPSA) is 77.8 Å². The van der Waals surface area contributed by atoms with Crippen LogP contribution in [0, 0.1) is 11.3 Å². The lowest BCUT2D eigenvalue weighted by Gasteiger charge is -2.12. The van der Waals surface area contributed by atoms with E-state index in [0.717, 1.165) is 16.7 Å². The number of allylic oxidation sites excluding steroid dienone is 1. The minimum Gasteiger partial charge on any atom is -0.493 e. The fraction of sp³-hybridized carbons (Fsp3) is 0.154. The molecule has 168 valence electrons. The van der Waals surface area contributed by atoms with Gasteiger partial charge in [-0.3, -0.25) is 4.79 Å². The van der Waals surface area contributed by atoms with E-state index in [9.17, 15) is 10.1 Å². The third-order valence-electron chi connectivity index (χ3n) is 4.79. The Morgan fingerprint density at radius 3 is 2.15 bits per heavy atom. The van der Waals surface area contributed by atoms with E-state index in [1.807, 2.05) is 0 Å². The monoisotopic (exact) mass is 463 g/mol. The molecule has 33 heavy (non-hydrogen) atoms. The quantitative estimate of drug-likeness (QED) is 0.188. The van der Waals surface area contributed by atoms with Gasteiger partial charge in [0.15, 0.2) is 23.0 Å². The van der Waals surface area contributed by atoms with Crippen LogP contribution < -0.4 is 18.9 Å². The fourth-order valence-corrected chi connectivity index (χ4v) is 3.28. The summed E-state index contributed by atoms with van der Waals surface area (Å²) in [5.74, 6) is 1.31. The molecule has 3 rings (SSSR count). The zero-order chi connectivity index (χ0) is 23.8. The first kappa shape index (κ1) is 23.7. The van der Waals surface area contributed by atoms with Crippen LogP contribution in [-0.4, -0.2) is 27.3 Å². The first-order valence-corrected chi connectivity index (χ1v) is 10.3. The molecule has 0 saturated heterocycles. The molecule has 3 aromatic rings. The van der Waals surface area contributed by atoms with Gasteiger partial charge >= 0.3 is 5.97 Å². The molecule has 3 aromatic carbocycles. The number of carbonyl (C=O) groups excluding carboxylic acids is 1.